The number of pyridine rings is 1. The SMILES string of the molecule is O=C(NCc1ccc(F)cc1)N1CCC(Oc2ccncc2Cl)C1. The van der Waals surface area contributed by atoms with Gasteiger partial charge >= 0.3 is 6.03 Å². The van der Waals surface area contributed by atoms with E-state index in [1.54, 1.807) is 29.3 Å². The summed E-state index contributed by atoms with van der Waals surface area (Å²) in [6.07, 6.45) is 3.78. The molecule has 126 valence electrons. The van der Waals surface area contributed by atoms with E-state index in [1.165, 1.54) is 18.3 Å². The van der Waals surface area contributed by atoms with Crippen molar-refractivity contribution in [2.75, 3.05) is 13.1 Å². The van der Waals surface area contributed by atoms with Crippen molar-refractivity contribution < 1.29 is 13.9 Å². The van der Waals surface area contributed by atoms with Gasteiger partial charge in [-0.1, -0.05) is 23.7 Å². The molecule has 3 rings (SSSR count). The van der Waals surface area contributed by atoms with Crippen LogP contribution in [0.15, 0.2) is 42.7 Å². The molecule has 24 heavy (non-hydrogen) atoms. The Labute approximate surface area is 144 Å². The maximum atomic E-state index is 12.9. The predicted octanol–water partition coefficient (Wildman–Crippen LogP) is 3.24. The van der Waals surface area contributed by atoms with Crippen LogP contribution in [-0.4, -0.2) is 35.1 Å². The first kappa shape index (κ1) is 16.5. The van der Waals surface area contributed by atoms with Crippen LogP contribution in [0.5, 0.6) is 5.75 Å². The van der Waals surface area contributed by atoms with Crippen LogP contribution in [0, 0.1) is 5.82 Å². The van der Waals surface area contributed by atoms with E-state index in [0.717, 1.165) is 12.0 Å². The summed E-state index contributed by atoms with van der Waals surface area (Å²) in [5, 5.41) is 3.28. The molecular weight excluding hydrogens is 333 g/mol. The maximum Gasteiger partial charge on any atom is 0.317 e. The number of ether oxygens (including phenoxy) is 1. The Morgan fingerprint density at radius 1 is 1.38 bits per heavy atom. The number of likely N-dealkylation sites (tertiary alicyclic amines) is 1. The van der Waals surface area contributed by atoms with E-state index in [-0.39, 0.29) is 18.0 Å². The summed E-state index contributed by atoms with van der Waals surface area (Å²) < 4.78 is 18.7. The molecule has 1 atom stereocenters. The number of halogens is 2. The van der Waals surface area contributed by atoms with E-state index in [1.807, 2.05) is 0 Å². The highest BCUT2D eigenvalue weighted by molar-refractivity contribution is 6.31. The van der Waals surface area contributed by atoms with Gasteiger partial charge in [0, 0.05) is 38.0 Å². The Bertz CT molecular complexity index is 711. The monoisotopic (exact) mass is 349 g/mol. The van der Waals surface area contributed by atoms with E-state index in [9.17, 15) is 9.18 Å². The van der Waals surface area contributed by atoms with Crippen LogP contribution in [0.2, 0.25) is 5.02 Å². The number of nitrogens with zero attached hydrogens (tertiary/aromatic N) is 2. The Morgan fingerprint density at radius 3 is 2.92 bits per heavy atom. The molecule has 0 aliphatic carbocycles. The molecule has 0 bridgehead atoms. The van der Waals surface area contributed by atoms with Gasteiger partial charge in [-0.15, -0.1) is 0 Å². The molecule has 2 heterocycles. The Balaban J connectivity index is 1.49. The summed E-state index contributed by atoms with van der Waals surface area (Å²) in [5.41, 5.74) is 0.848. The zero-order chi connectivity index (χ0) is 16.9. The number of hydrogen-bond acceptors (Lipinski definition) is 3. The average Bonchev–Trinajstić information content (AvgIpc) is 3.05. The van der Waals surface area contributed by atoms with E-state index in [2.05, 4.69) is 10.3 Å². The molecule has 7 heteroatoms. The third-order valence-electron chi connectivity index (χ3n) is 3.82. The molecule has 5 nitrogen and oxygen atoms in total. The second-order valence-corrected chi connectivity index (χ2v) is 5.97. The molecule has 1 aliphatic rings. The van der Waals surface area contributed by atoms with Crippen molar-refractivity contribution in [3.05, 3.63) is 59.1 Å². The molecule has 1 aromatic heterocycles. The minimum atomic E-state index is -0.292. The summed E-state index contributed by atoms with van der Waals surface area (Å²) >= 11 is 6.02. The Kier molecular flexibility index (Phi) is 5.15. The number of nitrogens with one attached hydrogen (secondary N) is 1. The van der Waals surface area contributed by atoms with Crippen LogP contribution in [0.3, 0.4) is 0 Å². The molecular formula is C17H17ClFN3O2. The highest BCUT2D eigenvalue weighted by atomic mass is 35.5. The number of hydrogen-bond donors (Lipinski definition) is 1. The van der Waals surface area contributed by atoms with Crippen molar-refractivity contribution in [1.29, 1.82) is 0 Å². The molecule has 0 spiro atoms. The Morgan fingerprint density at radius 2 is 2.17 bits per heavy atom. The van der Waals surface area contributed by atoms with Gasteiger partial charge in [0.25, 0.3) is 0 Å². The van der Waals surface area contributed by atoms with Gasteiger partial charge in [0.15, 0.2) is 0 Å². The Hall–Kier alpha value is -2.34. The lowest BCUT2D eigenvalue weighted by Crippen LogP contribution is -2.39. The summed E-state index contributed by atoms with van der Waals surface area (Å²) in [4.78, 5) is 17.8. The lowest BCUT2D eigenvalue weighted by atomic mass is 10.2. The summed E-state index contributed by atoms with van der Waals surface area (Å²) in [7, 11) is 0. The van der Waals surface area contributed by atoms with Crippen molar-refractivity contribution in [3.63, 3.8) is 0 Å². The van der Waals surface area contributed by atoms with Crippen LogP contribution in [0.4, 0.5) is 9.18 Å². The zero-order valence-electron chi connectivity index (χ0n) is 12.9. The first-order chi connectivity index (χ1) is 11.6. The van der Waals surface area contributed by atoms with Gasteiger partial charge in [-0.05, 0) is 17.7 Å². The molecule has 1 fully saturated rings. The fourth-order valence-corrected chi connectivity index (χ4v) is 2.70. The fourth-order valence-electron chi connectivity index (χ4n) is 2.54. The van der Waals surface area contributed by atoms with Crippen LogP contribution < -0.4 is 10.1 Å². The van der Waals surface area contributed by atoms with E-state index >= 15 is 0 Å². The second kappa shape index (κ2) is 7.49. The first-order valence-electron chi connectivity index (χ1n) is 7.65. The third-order valence-corrected chi connectivity index (χ3v) is 4.10. The van der Waals surface area contributed by atoms with E-state index in [4.69, 9.17) is 16.3 Å². The molecule has 2 aromatic rings. The van der Waals surface area contributed by atoms with Gasteiger partial charge in [-0.2, -0.15) is 0 Å². The van der Waals surface area contributed by atoms with Gasteiger partial charge in [-0.3, -0.25) is 4.98 Å². The molecule has 1 aliphatic heterocycles. The quantitative estimate of drug-likeness (QED) is 0.922. The number of benzene rings is 1. The highest BCUT2D eigenvalue weighted by Crippen LogP contribution is 2.25. The smallest absolute Gasteiger partial charge is 0.317 e. The van der Waals surface area contributed by atoms with Gasteiger partial charge in [0.2, 0.25) is 0 Å². The van der Waals surface area contributed by atoms with Gasteiger partial charge in [0.1, 0.15) is 22.7 Å². The summed E-state index contributed by atoms with van der Waals surface area (Å²) in [5.74, 6) is 0.282. The number of rotatable bonds is 4. The molecule has 1 N–H and O–H groups in total. The molecule has 1 aromatic carbocycles. The average molecular weight is 350 g/mol. The van der Waals surface area contributed by atoms with Crippen molar-refractivity contribution in [1.82, 2.24) is 15.2 Å². The number of amides is 2. The standard InChI is InChI=1S/C17H17ClFN3O2/c18-15-10-20-7-5-16(15)24-14-6-8-22(11-14)17(23)21-9-12-1-3-13(19)4-2-12/h1-5,7,10,14H,6,8-9,11H2,(H,21,23). The third kappa shape index (κ3) is 4.14. The van der Waals surface area contributed by atoms with Gasteiger partial charge in [-0.25, -0.2) is 9.18 Å². The van der Waals surface area contributed by atoms with Crippen LogP contribution in [-0.2, 0) is 6.54 Å². The maximum absolute atomic E-state index is 12.9. The predicted molar refractivity (Wildman–Crippen MR) is 88.5 cm³/mol. The molecule has 0 radical (unpaired) electrons. The molecule has 0 saturated carbocycles. The summed E-state index contributed by atoms with van der Waals surface area (Å²) in [6, 6.07) is 7.60. The number of carbonyl (C=O) groups excluding carboxylic acids is 1. The molecule has 1 unspecified atom stereocenters. The minimum absolute atomic E-state index is 0.0959. The summed E-state index contributed by atoms with van der Waals surface area (Å²) in [6.45, 7) is 1.47. The van der Waals surface area contributed by atoms with Crippen LogP contribution in [0.25, 0.3) is 0 Å². The van der Waals surface area contributed by atoms with Gasteiger partial charge < -0.3 is 15.0 Å². The normalized spacial score (nSPS) is 16.9. The van der Waals surface area contributed by atoms with Crippen molar-refractivity contribution in [2.24, 2.45) is 0 Å². The van der Waals surface area contributed by atoms with Crippen LogP contribution >= 0.6 is 11.6 Å². The number of urea groups is 1. The largest absolute Gasteiger partial charge is 0.487 e. The number of aromatic nitrogens is 1. The van der Waals surface area contributed by atoms with E-state index in [0.29, 0.717) is 30.4 Å². The minimum Gasteiger partial charge on any atom is -0.487 e. The van der Waals surface area contributed by atoms with Gasteiger partial charge in [0.05, 0.1) is 6.54 Å². The topological polar surface area (TPSA) is 54.5 Å². The number of carbonyl (C=O) groups is 1. The van der Waals surface area contributed by atoms with Crippen LogP contribution in [0.1, 0.15) is 12.0 Å². The van der Waals surface area contributed by atoms with Crippen molar-refractivity contribution in [2.45, 2.75) is 19.1 Å². The zero-order valence-corrected chi connectivity index (χ0v) is 13.7. The lowest BCUT2D eigenvalue weighted by molar-refractivity contribution is 0.186. The second-order valence-electron chi connectivity index (χ2n) is 5.57. The highest BCUT2D eigenvalue weighted by Gasteiger charge is 2.27. The fraction of sp³-hybridized carbons (Fsp3) is 0.294. The van der Waals surface area contributed by atoms with E-state index < -0.39 is 0 Å². The van der Waals surface area contributed by atoms with Crippen molar-refractivity contribution in [3.8, 4) is 5.75 Å². The first-order valence-corrected chi connectivity index (χ1v) is 8.03. The molecule has 1 saturated heterocycles. The lowest BCUT2D eigenvalue weighted by Gasteiger charge is -2.18. The van der Waals surface area contributed by atoms with Crippen molar-refractivity contribution >= 4 is 17.6 Å². The molecule has 2 amide bonds.